The Hall–Kier alpha value is -0.240. The molecule has 0 unspecified atom stereocenters. The van der Waals surface area contributed by atoms with Crippen LogP contribution in [0.2, 0.25) is 0 Å². The lowest BCUT2D eigenvalue weighted by Gasteiger charge is -2.29. The molecule has 2 N–H and O–H groups in total. The number of ether oxygens (including phenoxy) is 4. The Bertz CT molecular complexity index is 392. The number of aliphatic hydroxyl groups excluding tert-OH is 2. The number of hydrogen-bond donors (Lipinski definition) is 2. The zero-order valence-electron chi connectivity index (χ0n) is 17.0. The molecule has 4 atom stereocenters. The Morgan fingerprint density at radius 3 is 1.48 bits per heavy atom. The van der Waals surface area contributed by atoms with Crippen LogP contribution in [0.1, 0.15) is 78.1 Å². The lowest BCUT2D eigenvalue weighted by atomic mass is 9.97. The average Bonchev–Trinajstić information content (AvgIpc) is 3.01. The topological polar surface area (TPSA) is 77.4 Å². The highest BCUT2D eigenvalue weighted by Gasteiger charge is 2.48. The lowest BCUT2D eigenvalue weighted by Crippen LogP contribution is -2.46. The minimum Gasteiger partial charge on any atom is -0.388 e. The van der Waals surface area contributed by atoms with Crippen LogP contribution in [0.3, 0.4) is 0 Å². The van der Waals surface area contributed by atoms with E-state index < -0.39 is 30.2 Å². The van der Waals surface area contributed by atoms with Gasteiger partial charge in [0.25, 0.3) is 0 Å². The fraction of sp³-hybridized carbons (Fsp3) is 1.00. The molecule has 0 spiro atoms. The van der Waals surface area contributed by atoms with Crippen molar-refractivity contribution in [2.24, 2.45) is 0 Å². The van der Waals surface area contributed by atoms with Crippen molar-refractivity contribution in [3.05, 3.63) is 0 Å². The molecule has 0 aromatic heterocycles. The Kier molecular flexibility index (Phi) is 7.94. The van der Waals surface area contributed by atoms with Crippen molar-refractivity contribution < 1.29 is 29.2 Å². The quantitative estimate of drug-likeness (QED) is 0.668. The maximum absolute atomic E-state index is 10.7. The molecule has 0 aromatic rings. The predicted octanol–water partition coefficient (Wildman–Crippen LogP) is 2.93. The van der Waals surface area contributed by atoms with Gasteiger partial charge in [0, 0.05) is 0 Å². The number of hydrogen-bond acceptors (Lipinski definition) is 6. The minimum absolute atomic E-state index is 0.210. The summed E-state index contributed by atoms with van der Waals surface area (Å²) >= 11 is 0. The van der Waals surface area contributed by atoms with E-state index in [4.69, 9.17) is 18.9 Å². The van der Waals surface area contributed by atoms with Gasteiger partial charge in [0.15, 0.2) is 5.79 Å². The average molecular weight is 387 g/mol. The third kappa shape index (κ3) is 6.38. The molecule has 0 radical (unpaired) electrons. The largest absolute Gasteiger partial charge is 0.388 e. The summed E-state index contributed by atoms with van der Waals surface area (Å²) < 4.78 is 23.6. The fourth-order valence-corrected chi connectivity index (χ4v) is 4.53. The van der Waals surface area contributed by atoms with Crippen LogP contribution in [0.4, 0.5) is 0 Å². The molecule has 3 fully saturated rings. The van der Waals surface area contributed by atoms with Gasteiger partial charge in [-0.25, -0.2) is 0 Å². The third-order valence-electron chi connectivity index (χ3n) is 6.03. The molecule has 3 aliphatic rings. The van der Waals surface area contributed by atoms with Crippen molar-refractivity contribution in [2.45, 2.75) is 120 Å². The van der Waals surface area contributed by atoms with E-state index in [1.807, 2.05) is 13.8 Å². The van der Waals surface area contributed by atoms with E-state index in [1.165, 1.54) is 38.5 Å². The van der Waals surface area contributed by atoms with Gasteiger partial charge in [-0.1, -0.05) is 38.5 Å². The molecule has 1 aliphatic heterocycles. The zero-order chi connectivity index (χ0) is 19.3. The van der Waals surface area contributed by atoms with Gasteiger partial charge in [-0.2, -0.15) is 0 Å². The summed E-state index contributed by atoms with van der Waals surface area (Å²) in [5.41, 5.74) is 0. The smallest absolute Gasteiger partial charge is 0.164 e. The summed E-state index contributed by atoms with van der Waals surface area (Å²) in [6.07, 6.45) is 9.08. The summed E-state index contributed by atoms with van der Waals surface area (Å²) in [4.78, 5) is 0. The van der Waals surface area contributed by atoms with Gasteiger partial charge in [-0.15, -0.1) is 0 Å². The van der Waals surface area contributed by atoms with Gasteiger partial charge in [0.05, 0.1) is 25.4 Å². The highest BCUT2D eigenvalue weighted by Crippen LogP contribution is 2.33. The van der Waals surface area contributed by atoms with E-state index in [1.54, 1.807) is 0 Å². The number of rotatable bonds is 8. The van der Waals surface area contributed by atoms with Crippen LogP contribution in [0, 0.1) is 0 Å². The van der Waals surface area contributed by atoms with Crippen molar-refractivity contribution in [2.75, 3.05) is 13.2 Å². The Labute approximate surface area is 163 Å². The van der Waals surface area contributed by atoms with Gasteiger partial charge in [-0.3, -0.25) is 0 Å². The molecule has 2 saturated carbocycles. The van der Waals surface area contributed by atoms with Gasteiger partial charge in [-0.05, 0) is 39.5 Å². The van der Waals surface area contributed by atoms with E-state index in [0.29, 0.717) is 0 Å². The Morgan fingerprint density at radius 2 is 1.11 bits per heavy atom. The van der Waals surface area contributed by atoms with Crippen molar-refractivity contribution in [1.29, 1.82) is 0 Å². The van der Waals surface area contributed by atoms with Crippen LogP contribution in [0.15, 0.2) is 0 Å². The highest BCUT2D eigenvalue weighted by atomic mass is 16.8. The molecule has 1 saturated heterocycles. The van der Waals surface area contributed by atoms with Crippen molar-refractivity contribution in [1.82, 2.24) is 0 Å². The van der Waals surface area contributed by atoms with Crippen molar-refractivity contribution in [3.8, 4) is 0 Å². The molecule has 1 heterocycles. The molecule has 0 bridgehead atoms. The summed E-state index contributed by atoms with van der Waals surface area (Å²) in [5, 5.41) is 21.3. The summed E-state index contributed by atoms with van der Waals surface area (Å²) in [6.45, 7) is 4.04. The van der Waals surface area contributed by atoms with E-state index in [9.17, 15) is 10.2 Å². The molecule has 0 amide bonds. The van der Waals surface area contributed by atoms with E-state index in [0.717, 1.165) is 25.7 Å². The second-order valence-corrected chi connectivity index (χ2v) is 8.89. The van der Waals surface area contributed by atoms with E-state index in [-0.39, 0.29) is 25.4 Å². The van der Waals surface area contributed by atoms with E-state index in [2.05, 4.69) is 0 Å². The molecule has 6 nitrogen and oxygen atoms in total. The first-order chi connectivity index (χ1) is 12.9. The van der Waals surface area contributed by atoms with Crippen molar-refractivity contribution >= 4 is 0 Å². The van der Waals surface area contributed by atoms with Gasteiger partial charge >= 0.3 is 0 Å². The second kappa shape index (κ2) is 9.99. The molecular formula is C21H38O6. The third-order valence-corrected chi connectivity index (χ3v) is 6.03. The molecule has 6 heteroatoms. The molecule has 158 valence electrons. The van der Waals surface area contributed by atoms with Crippen LogP contribution in [0.5, 0.6) is 0 Å². The fourth-order valence-electron chi connectivity index (χ4n) is 4.53. The molecule has 3 rings (SSSR count). The standard InChI is InChI=1S/C21H38O6/c1-21(2)26-19(17(22)13-24-15-9-5-3-6-10-15)20(27-21)18(23)14-25-16-11-7-4-8-12-16/h15-20,22-23H,3-14H2,1-2H3/t17-,18-,19-,20-/m1/s1. The molecule has 27 heavy (non-hydrogen) atoms. The van der Waals surface area contributed by atoms with Gasteiger partial charge in [0.2, 0.25) is 0 Å². The second-order valence-electron chi connectivity index (χ2n) is 8.89. The van der Waals surface area contributed by atoms with E-state index >= 15 is 0 Å². The lowest BCUT2D eigenvalue weighted by molar-refractivity contribution is -0.166. The first-order valence-corrected chi connectivity index (χ1v) is 10.9. The maximum Gasteiger partial charge on any atom is 0.164 e. The van der Waals surface area contributed by atoms with Gasteiger partial charge in [0.1, 0.15) is 24.4 Å². The summed E-state index contributed by atoms with van der Waals surface area (Å²) in [5.74, 6) is -0.840. The summed E-state index contributed by atoms with van der Waals surface area (Å²) in [7, 11) is 0. The molecule has 2 aliphatic carbocycles. The van der Waals surface area contributed by atoms with Crippen LogP contribution < -0.4 is 0 Å². The van der Waals surface area contributed by atoms with Gasteiger partial charge < -0.3 is 29.2 Å². The summed E-state index contributed by atoms with van der Waals surface area (Å²) in [6, 6.07) is 0. The highest BCUT2D eigenvalue weighted by molar-refractivity contribution is 4.91. The zero-order valence-corrected chi connectivity index (χ0v) is 17.0. The maximum atomic E-state index is 10.7. The van der Waals surface area contributed by atoms with Crippen LogP contribution >= 0.6 is 0 Å². The van der Waals surface area contributed by atoms with Crippen LogP contribution in [-0.2, 0) is 18.9 Å². The Morgan fingerprint density at radius 1 is 0.741 bits per heavy atom. The normalized spacial score (nSPS) is 32.4. The van der Waals surface area contributed by atoms with Crippen LogP contribution in [-0.4, -0.2) is 65.8 Å². The first kappa shape index (κ1) is 21.5. The SMILES string of the molecule is CC1(C)O[C@H]([C@H](O)COC2CCCCC2)[C@@H]([C@H](O)COC2CCCCC2)O1. The molecule has 0 aromatic carbocycles. The monoisotopic (exact) mass is 386 g/mol. The van der Waals surface area contributed by atoms with Crippen molar-refractivity contribution in [3.63, 3.8) is 0 Å². The Balaban J connectivity index is 1.49. The van der Waals surface area contributed by atoms with Crippen LogP contribution in [0.25, 0.3) is 0 Å². The predicted molar refractivity (Wildman–Crippen MR) is 101 cm³/mol. The molecular weight excluding hydrogens is 348 g/mol. The minimum atomic E-state index is -0.840. The first-order valence-electron chi connectivity index (χ1n) is 10.9. The number of aliphatic hydroxyl groups is 2.